The van der Waals surface area contributed by atoms with E-state index in [4.69, 9.17) is 4.98 Å². The second-order valence-electron chi connectivity index (χ2n) is 22.1. The molecule has 11 aromatic carbocycles. The van der Waals surface area contributed by atoms with Gasteiger partial charge in [0, 0.05) is 50.3 Å². The molecule has 13 aromatic rings. The topological polar surface area (TPSA) is 24.3 Å². The Morgan fingerprint density at radius 3 is 1.42 bits per heavy atom. The van der Waals surface area contributed by atoms with Crippen molar-refractivity contribution in [1.82, 2.24) is 9.55 Å². The smallest absolute Gasteiger partial charge is 0.184 e. The maximum Gasteiger partial charge on any atom is 0.184 e. The van der Waals surface area contributed by atoms with Crippen LogP contribution in [0.25, 0.3) is 49.9 Å². The fraction of sp³-hybridized carbons (Fsp3) is 0.0260. The van der Waals surface area contributed by atoms with Crippen LogP contribution in [-0.2, 0) is 0 Å². The van der Waals surface area contributed by atoms with E-state index < -0.39 is 16.1 Å². The van der Waals surface area contributed by atoms with Crippen molar-refractivity contribution in [2.75, 3.05) is 9.80 Å². The van der Waals surface area contributed by atoms with Crippen LogP contribution in [0, 0.1) is 0 Å². The first-order chi connectivity index (χ1) is 41.2. The highest BCUT2D eigenvalue weighted by atomic mass is 28.3. The Hall–Kier alpha value is -10.1. The van der Waals surface area contributed by atoms with Crippen LogP contribution in [0.15, 0.2) is 328 Å². The van der Waals surface area contributed by atoms with Gasteiger partial charge >= 0.3 is 0 Å². The number of nitrogens with zero attached hydrogens (tertiary/aromatic N) is 4. The number of hydrogen-bond acceptors (Lipinski definition) is 3. The Balaban J connectivity index is 0.827. The summed E-state index contributed by atoms with van der Waals surface area (Å²) in [6.45, 7) is 0. The maximum atomic E-state index is 5.67. The molecule has 0 N–H and O–H groups in total. The predicted molar refractivity (Wildman–Crippen MR) is 353 cm³/mol. The third-order valence-corrected chi connectivity index (χ3v) is 28.1. The van der Waals surface area contributed by atoms with Crippen molar-refractivity contribution in [3.63, 3.8) is 0 Å². The zero-order valence-electron chi connectivity index (χ0n) is 45.6. The largest absolute Gasteiger partial charge is 0.319 e. The van der Waals surface area contributed by atoms with Gasteiger partial charge in [0.15, 0.2) is 16.1 Å². The SMILES string of the molecule is C1=CC2C(C=C1)[Si](c1ccccc1)(c1ccccc1)c1ccccc1N2c1cccc(-c2ccc3c(c2)c2cc(-c4cccc(N5c6ccccc6[Si](c6ccccc6)(c6ccccc6)c6ccccc65)c4)ccc2n3-c2ccccc2)n1. The standard InChI is InChI=1S/C77H56N4Si2/c1-6-27-58(28-7-1)79-67-50-48-56(55-26-24-29-59(52-55)80-69-39-16-20-43-73(69)82(60-30-8-2-9-31-60,61-32-10-3-11-33-61)74-44-21-17-40-70(74)80)53-64(67)65-54-57(49-51-68(65)79)66-38-25-47-77(78-66)81-71-41-18-22-45-75(71)83(62-34-12-4-13-35-62,63-36-14-5-15-37-63)76-46-23-19-42-72(76)81/h1-54,71,75H. The monoisotopic (exact) mass is 1090 g/mol. The third kappa shape index (κ3) is 7.53. The van der Waals surface area contributed by atoms with E-state index in [9.17, 15) is 0 Å². The first-order valence-electron chi connectivity index (χ1n) is 28.9. The van der Waals surface area contributed by atoms with Gasteiger partial charge in [0.05, 0.1) is 22.8 Å². The maximum absolute atomic E-state index is 5.67. The molecule has 2 atom stereocenters. The summed E-state index contributed by atoms with van der Waals surface area (Å²) in [4.78, 5) is 10.7. The van der Waals surface area contributed by atoms with Crippen molar-refractivity contribution in [2.45, 2.75) is 11.6 Å². The van der Waals surface area contributed by atoms with Gasteiger partial charge in [0.2, 0.25) is 0 Å². The van der Waals surface area contributed by atoms with Crippen molar-refractivity contribution in [2.24, 2.45) is 0 Å². The summed E-state index contributed by atoms with van der Waals surface area (Å²) < 4.78 is 2.42. The molecule has 83 heavy (non-hydrogen) atoms. The van der Waals surface area contributed by atoms with Gasteiger partial charge < -0.3 is 14.4 Å². The molecule has 2 unspecified atom stereocenters. The fourth-order valence-electron chi connectivity index (χ4n) is 14.6. The Bertz CT molecular complexity index is 4530. The number of allylic oxidation sites excluding steroid dienone is 2. The molecule has 6 heteroatoms. The summed E-state index contributed by atoms with van der Waals surface area (Å²) >= 11 is 0. The van der Waals surface area contributed by atoms with Crippen molar-refractivity contribution in [3.05, 3.63) is 328 Å². The average Bonchev–Trinajstić information content (AvgIpc) is 2.66. The summed E-state index contributed by atoms with van der Waals surface area (Å²) in [7, 11) is -5.42. The molecule has 16 rings (SSSR count). The lowest BCUT2D eigenvalue weighted by molar-refractivity contribution is 0.751. The molecule has 2 aliphatic heterocycles. The number of pyridine rings is 1. The van der Waals surface area contributed by atoms with Crippen molar-refractivity contribution in [3.8, 4) is 28.1 Å². The zero-order valence-corrected chi connectivity index (χ0v) is 47.6. The highest BCUT2D eigenvalue weighted by molar-refractivity contribution is 7.21. The summed E-state index contributed by atoms with van der Waals surface area (Å²) in [5.74, 6) is 0.940. The molecular weight excluding hydrogens is 1040 g/mol. The number of fused-ring (bicyclic) bond motifs is 7. The zero-order chi connectivity index (χ0) is 54.9. The van der Waals surface area contributed by atoms with Gasteiger partial charge in [-0.05, 0) is 126 Å². The van der Waals surface area contributed by atoms with Crippen molar-refractivity contribution < 1.29 is 0 Å². The summed E-state index contributed by atoms with van der Waals surface area (Å²) in [5, 5.41) is 12.1. The Kier molecular flexibility index (Phi) is 11.7. The number of anilines is 5. The van der Waals surface area contributed by atoms with Crippen LogP contribution < -0.4 is 46.1 Å². The molecule has 0 spiro atoms. The Labute approximate surface area is 486 Å². The summed E-state index contributed by atoms with van der Waals surface area (Å²) in [6.07, 6.45) is 9.40. The lowest BCUT2D eigenvalue weighted by Gasteiger charge is -2.52. The van der Waals surface area contributed by atoms with Crippen LogP contribution in [0.2, 0.25) is 5.54 Å². The van der Waals surface area contributed by atoms with E-state index in [1.807, 2.05) is 0 Å². The molecule has 1 aliphatic carbocycles. The molecule has 0 saturated carbocycles. The molecule has 2 aromatic heterocycles. The summed E-state index contributed by atoms with van der Waals surface area (Å²) in [5.41, 5.74) is 12.8. The molecule has 0 amide bonds. The fourth-order valence-corrected chi connectivity index (χ4v) is 25.4. The molecule has 0 fully saturated rings. The summed E-state index contributed by atoms with van der Waals surface area (Å²) in [6, 6.07) is 113. The first-order valence-corrected chi connectivity index (χ1v) is 32.9. The van der Waals surface area contributed by atoms with Gasteiger partial charge in [-0.3, -0.25) is 0 Å². The minimum Gasteiger partial charge on any atom is -0.319 e. The minimum atomic E-state index is -2.76. The van der Waals surface area contributed by atoms with Crippen molar-refractivity contribution in [1.29, 1.82) is 0 Å². The van der Waals surface area contributed by atoms with Gasteiger partial charge in [-0.2, -0.15) is 0 Å². The molecule has 4 heterocycles. The lowest BCUT2D eigenvalue weighted by Crippen LogP contribution is -2.77. The molecule has 4 nitrogen and oxygen atoms in total. The Morgan fingerprint density at radius 2 is 0.807 bits per heavy atom. The normalized spacial score (nSPS) is 16.2. The average molecular weight is 1090 g/mol. The van der Waals surface area contributed by atoms with E-state index in [2.05, 4.69) is 342 Å². The first kappa shape index (κ1) is 48.8. The highest BCUT2D eigenvalue weighted by Crippen LogP contribution is 2.46. The van der Waals surface area contributed by atoms with E-state index in [0.29, 0.717) is 0 Å². The molecule has 3 aliphatic rings. The quantitative estimate of drug-likeness (QED) is 0.135. The number of hydrogen-bond donors (Lipinski definition) is 0. The second kappa shape index (κ2) is 19.9. The van der Waals surface area contributed by atoms with Crippen LogP contribution >= 0.6 is 0 Å². The van der Waals surface area contributed by atoms with E-state index >= 15 is 0 Å². The van der Waals surface area contributed by atoms with Gasteiger partial charge in [-0.15, -0.1) is 0 Å². The number of aromatic nitrogens is 2. The highest BCUT2D eigenvalue weighted by Gasteiger charge is 2.55. The van der Waals surface area contributed by atoms with E-state index in [0.717, 1.165) is 50.6 Å². The van der Waals surface area contributed by atoms with Gasteiger partial charge in [-0.1, -0.05) is 249 Å². The number of rotatable bonds is 9. The van der Waals surface area contributed by atoms with Gasteiger partial charge in [0.25, 0.3) is 0 Å². The van der Waals surface area contributed by atoms with Crippen LogP contribution in [0.4, 0.5) is 28.6 Å². The van der Waals surface area contributed by atoms with E-state index in [1.165, 1.54) is 64.1 Å². The van der Waals surface area contributed by atoms with E-state index in [1.54, 1.807) is 0 Å². The van der Waals surface area contributed by atoms with Gasteiger partial charge in [0.1, 0.15) is 5.82 Å². The number of para-hydroxylation sites is 4. The predicted octanol–water partition coefficient (Wildman–Crippen LogP) is 14.2. The van der Waals surface area contributed by atoms with Crippen molar-refractivity contribution >= 4 is 103 Å². The molecule has 0 saturated heterocycles. The van der Waals surface area contributed by atoms with E-state index in [-0.39, 0.29) is 11.6 Å². The van der Waals surface area contributed by atoms with Crippen LogP contribution in [0.1, 0.15) is 0 Å². The Morgan fingerprint density at radius 1 is 0.337 bits per heavy atom. The molecule has 0 radical (unpaired) electrons. The third-order valence-electron chi connectivity index (χ3n) is 18.0. The lowest BCUT2D eigenvalue weighted by atomic mass is 10.0. The van der Waals surface area contributed by atoms with Crippen LogP contribution in [0.3, 0.4) is 0 Å². The van der Waals surface area contributed by atoms with Crippen LogP contribution in [-0.4, -0.2) is 31.7 Å². The minimum absolute atomic E-state index is 0.0476. The van der Waals surface area contributed by atoms with Crippen LogP contribution in [0.5, 0.6) is 0 Å². The second-order valence-corrected chi connectivity index (χ2v) is 29.8. The van der Waals surface area contributed by atoms with Gasteiger partial charge in [-0.25, -0.2) is 4.98 Å². The molecular formula is C77H56N4Si2. The molecule has 392 valence electrons. The number of benzene rings is 11. The molecule has 0 bridgehead atoms.